The first-order chi connectivity index (χ1) is 8.34. The molecule has 0 spiro atoms. The first-order valence-corrected chi connectivity index (χ1v) is 6.91. The summed E-state index contributed by atoms with van der Waals surface area (Å²) in [5, 5.41) is 7.64. The highest BCUT2D eigenvalue weighted by Gasteiger charge is 2.30. The van der Waals surface area contributed by atoms with Gasteiger partial charge < -0.3 is 9.84 Å². The van der Waals surface area contributed by atoms with Gasteiger partial charge in [0, 0.05) is 5.92 Å². The summed E-state index contributed by atoms with van der Waals surface area (Å²) < 4.78 is 5.47. The molecule has 1 saturated heterocycles. The lowest BCUT2D eigenvalue weighted by molar-refractivity contribution is 0.320. The van der Waals surface area contributed by atoms with Gasteiger partial charge in [-0.2, -0.15) is 4.98 Å². The van der Waals surface area contributed by atoms with Gasteiger partial charge in [-0.25, -0.2) is 0 Å². The van der Waals surface area contributed by atoms with E-state index < -0.39 is 0 Å². The molecule has 0 amide bonds. The maximum absolute atomic E-state index is 5.47. The number of piperidine rings is 1. The molecule has 2 aliphatic rings. The monoisotopic (exact) mass is 235 g/mol. The molecule has 94 valence electrons. The van der Waals surface area contributed by atoms with Gasteiger partial charge in [0.05, 0.1) is 6.04 Å². The molecule has 1 aliphatic carbocycles. The minimum Gasteiger partial charge on any atom is -0.339 e. The van der Waals surface area contributed by atoms with Crippen LogP contribution < -0.4 is 5.32 Å². The summed E-state index contributed by atoms with van der Waals surface area (Å²) in [6, 6.07) is 0.318. The van der Waals surface area contributed by atoms with Crippen LogP contribution in [0.5, 0.6) is 0 Å². The van der Waals surface area contributed by atoms with Gasteiger partial charge in [-0.15, -0.1) is 0 Å². The molecular weight excluding hydrogens is 214 g/mol. The number of hydrogen-bond donors (Lipinski definition) is 1. The zero-order valence-electron chi connectivity index (χ0n) is 10.5. The molecule has 0 bridgehead atoms. The average Bonchev–Trinajstić information content (AvgIpc) is 2.98. The second-order valence-electron chi connectivity index (χ2n) is 5.51. The molecule has 1 aromatic heterocycles. The minimum absolute atomic E-state index is 0.318. The molecule has 17 heavy (non-hydrogen) atoms. The van der Waals surface area contributed by atoms with Crippen molar-refractivity contribution < 1.29 is 4.52 Å². The number of hydrogen-bond acceptors (Lipinski definition) is 4. The molecule has 1 N–H and O–H groups in total. The second-order valence-corrected chi connectivity index (χ2v) is 5.51. The van der Waals surface area contributed by atoms with E-state index in [1.54, 1.807) is 0 Å². The molecule has 0 aromatic carbocycles. The predicted octanol–water partition coefficient (Wildman–Crippen LogP) is 2.79. The Bertz CT molecular complexity index is 370. The Hall–Kier alpha value is -0.900. The van der Waals surface area contributed by atoms with E-state index in [2.05, 4.69) is 22.4 Å². The fraction of sp³-hybridized carbons (Fsp3) is 0.846. The van der Waals surface area contributed by atoms with Crippen LogP contribution in [0.15, 0.2) is 4.52 Å². The fourth-order valence-electron chi connectivity index (χ4n) is 3.12. The highest BCUT2D eigenvalue weighted by molar-refractivity contribution is 5.02. The van der Waals surface area contributed by atoms with Gasteiger partial charge in [0.15, 0.2) is 5.82 Å². The highest BCUT2D eigenvalue weighted by Crippen LogP contribution is 2.38. The van der Waals surface area contributed by atoms with Gasteiger partial charge in [0.25, 0.3) is 0 Å². The Morgan fingerprint density at radius 1 is 1.18 bits per heavy atom. The van der Waals surface area contributed by atoms with Crippen LogP contribution in [0.4, 0.5) is 0 Å². The third-order valence-corrected chi connectivity index (χ3v) is 4.26. The maximum atomic E-state index is 5.47. The van der Waals surface area contributed by atoms with Crippen LogP contribution in [0.2, 0.25) is 0 Å². The molecule has 2 heterocycles. The standard InChI is InChI=1S/C13H21N3O/c1-9-5-4-6-10(9)13-15-12(16-17-13)11-7-2-3-8-14-11/h9-11,14H,2-8H2,1H3. The molecule has 0 radical (unpaired) electrons. The van der Waals surface area contributed by atoms with E-state index >= 15 is 0 Å². The summed E-state index contributed by atoms with van der Waals surface area (Å²) in [5.74, 6) is 2.94. The zero-order chi connectivity index (χ0) is 11.7. The van der Waals surface area contributed by atoms with E-state index in [1.165, 1.54) is 32.1 Å². The van der Waals surface area contributed by atoms with Crippen LogP contribution in [0.25, 0.3) is 0 Å². The second kappa shape index (κ2) is 4.77. The van der Waals surface area contributed by atoms with E-state index in [4.69, 9.17) is 4.52 Å². The molecule has 3 atom stereocenters. The number of rotatable bonds is 2. The predicted molar refractivity (Wildman–Crippen MR) is 64.6 cm³/mol. The van der Waals surface area contributed by atoms with E-state index in [-0.39, 0.29) is 0 Å². The van der Waals surface area contributed by atoms with Crippen molar-refractivity contribution in [1.82, 2.24) is 15.5 Å². The van der Waals surface area contributed by atoms with Gasteiger partial charge in [-0.3, -0.25) is 0 Å². The SMILES string of the molecule is CC1CCCC1c1nc(C2CCCCN2)no1. The van der Waals surface area contributed by atoms with Gasteiger partial charge in [0.2, 0.25) is 5.89 Å². The molecule has 4 nitrogen and oxygen atoms in total. The summed E-state index contributed by atoms with van der Waals surface area (Å²) in [7, 11) is 0. The van der Waals surface area contributed by atoms with Gasteiger partial charge >= 0.3 is 0 Å². The summed E-state index contributed by atoms with van der Waals surface area (Å²) in [6.07, 6.45) is 7.47. The van der Waals surface area contributed by atoms with E-state index in [1.807, 2.05) is 0 Å². The third kappa shape index (κ3) is 2.23. The number of aromatic nitrogens is 2. The van der Waals surface area contributed by atoms with E-state index in [9.17, 15) is 0 Å². The van der Waals surface area contributed by atoms with Crippen LogP contribution in [-0.2, 0) is 0 Å². The molecule has 3 rings (SSSR count). The van der Waals surface area contributed by atoms with E-state index in [0.29, 0.717) is 17.9 Å². The van der Waals surface area contributed by atoms with Crippen LogP contribution in [0.3, 0.4) is 0 Å². The van der Waals surface area contributed by atoms with Crippen molar-refractivity contribution in [2.75, 3.05) is 6.54 Å². The number of nitrogens with zero attached hydrogens (tertiary/aromatic N) is 2. The fourth-order valence-corrected chi connectivity index (χ4v) is 3.12. The summed E-state index contributed by atoms with van der Waals surface area (Å²) >= 11 is 0. The lowest BCUT2D eigenvalue weighted by Crippen LogP contribution is -2.27. The van der Waals surface area contributed by atoms with Gasteiger partial charge in [-0.1, -0.05) is 24.9 Å². The van der Waals surface area contributed by atoms with Gasteiger partial charge in [-0.05, 0) is 38.1 Å². The van der Waals surface area contributed by atoms with Crippen molar-refractivity contribution in [2.24, 2.45) is 5.92 Å². The minimum atomic E-state index is 0.318. The van der Waals surface area contributed by atoms with Crippen molar-refractivity contribution in [2.45, 2.75) is 57.4 Å². The van der Waals surface area contributed by atoms with Crippen LogP contribution in [0.1, 0.15) is 69.1 Å². The Morgan fingerprint density at radius 3 is 2.82 bits per heavy atom. The van der Waals surface area contributed by atoms with Crippen molar-refractivity contribution in [3.05, 3.63) is 11.7 Å². The molecule has 4 heteroatoms. The van der Waals surface area contributed by atoms with Crippen LogP contribution in [-0.4, -0.2) is 16.7 Å². The molecular formula is C13H21N3O. The summed E-state index contributed by atoms with van der Waals surface area (Å²) in [6.45, 7) is 3.37. The van der Waals surface area contributed by atoms with Crippen LogP contribution in [0, 0.1) is 5.92 Å². The lowest BCUT2D eigenvalue weighted by atomic mass is 9.98. The number of nitrogens with one attached hydrogen (secondary N) is 1. The topological polar surface area (TPSA) is 51.0 Å². The quantitative estimate of drug-likeness (QED) is 0.856. The normalized spacial score (nSPS) is 34.1. The first-order valence-electron chi connectivity index (χ1n) is 6.91. The Kier molecular flexibility index (Phi) is 3.14. The van der Waals surface area contributed by atoms with E-state index in [0.717, 1.165) is 24.7 Å². The first kappa shape index (κ1) is 11.2. The zero-order valence-corrected chi connectivity index (χ0v) is 10.5. The van der Waals surface area contributed by atoms with Crippen molar-refractivity contribution in [3.63, 3.8) is 0 Å². The molecule has 2 fully saturated rings. The Labute approximate surface area is 102 Å². The molecule has 1 aliphatic heterocycles. The lowest BCUT2D eigenvalue weighted by Gasteiger charge is -2.19. The molecule has 1 saturated carbocycles. The van der Waals surface area contributed by atoms with Crippen LogP contribution >= 0.6 is 0 Å². The Morgan fingerprint density at radius 2 is 2.12 bits per heavy atom. The highest BCUT2D eigenvalue weighted by atomic mass is 16.5. The third-order valence-electron chi connectivity index (χ3n) is 4.26. The summed E-state index contributed by atoms with van der Waals surface area (Å²) in [4.78, 5) is 4.63. The molecule has 1 aromatic rings. The largest absolute Gasteiger partial charge is 0.339 e. The Balaban J connectivity index is 1.73. The smallest absolute Gasteiger partial charge is 0.230 e. The van der Waals surface area contributed by atoms with Crippen molar-refractivity contribution in [1.29, 1.82) is 0 Å². The summed E-state index contributed by atoms with van der Waals surface area (Å²) in [5.41, 5.74) is 0. The maximum Gasteiger partial charge on any atom is 0.230 e. The van der Waals surface area contributed by atoms with Crippen molar-refractivity contribution >= 4 is 0 Å². The van der Waals surface area contributed by atoms with Crippen molar-refractivity contribution in [3.8, 4) is 0 Å². The average molecular weight is 235 g/mol. The van der Waals surface area contributed by atoms with Gasteiger partial charge in [0.1, 0.15) is 0 Å². The molecule has 3 unspecified atom stereocenters.